The van der Waals surface area contributed by atoms with Gasteiger partial charge < -0.3 is 4.42 Å². The Hall–Kier alpha value is -1.82. The van der Waals surface area contributed by atoms with E-state index in [1.54, 1.807) is 23.4 Å². The summed E-state index contributed by atoms with van der Waals surface area (Å²) in [5.74, 6) is 0.638. The van der Waals surface area contributed by atoms with Gasteiger partial charge in [-0.25, -0.2) is 5.01 Å². The van der Waals surface area contributed by atoms with Gasteiger partial charge in [0.2, 0.25) is 0 Å². The van der Waals surface area contributed by atoms with Crippen molar-refractivity contribution in [3.63, 3.8) is 0 Å². The highest BCUT2D eigenvalue weighted by Crippen LogP contribution is 2.37. The molecule has 1 aromatic carbocycles. The van der Waals surface area contributed by atoms with E-state index in [-0.39, 0.29) is 11.9 Å². The lowest BCUT2D eigenvalue weighted by Crippen LogP contribution is -2.37. The predicted octanol–water partition coefficient (Wildman–Crippen LogP) is 4.36. The molecule has 5 nitrogen and oxygen atoms in total. The Balaban J connectivity index is 1.65. The number of hydrazone groups is 1. The quantitative estimate of drug-likeness (QED) is 0.777. The van der Waals surface area contributed by atoms with E-state index in [0.717, 1.165) is 37.2 Å². The van der Waals surface area contributed by atoms with E-state index in [4.69, 9.17) is 27.6 Å². The Morgan fingerprint density at radius 1 is 1.23 bits per heavy atom. The number of amides is 1. The maximum Gasteiger partial charge on any atom is 0.257 e. The summed E-state index contributed by atoms with van der Waals surface area (Å²) >= 11 is 12.6. The number of likely N-dealkylation sites (tertiary alicyclic amines) is 1. The topological polar surface area (TPSA) is 49.1 Å². The highest BCUT2D eigenvalue weighted by atomic mass is 35.5. The molecule has 1 amide bonds. The first-order chi connectivity index (χ1) is 12.6. The molecule has 0 aliphatic carbocycles. The first kappa shape index (κ1) is 17.6. The van der Waals surface area contributed by atoms with Crippen molar-refractivity contribution in [3.8, 4) is 0 Å². The van der Waals surface area contributed by atoms with Crippen molar-refractivity contribution in [3.05, 3.63) is 58.0 Å². The SMILES string of the molecule is O=C(CN1CCCC1)N1N=C(c2ccco2)C[C@@H]1c1cc(Cl)ccc1Cl. The highest BCUT2D eigenvalue weighted by molar-refractivity contribution is 6.33. The average molecular weight is 392 g/mol. The van der Waals surface area contributed by atoms with Crippen LogP contribution in [-0.4, -0.2) is 41.2 Å². The third-order valence-electron chi connectivity index (χ3n) is 4.85. The maximum absolute atomic E-state index is 13.0. The summed E-state index contributed by atoms with van der Waals surface area (Å²) in [4.78, 5) is 15.1. The Labute approximate surface area is 162 Å². The van der Waals surface area contributed by atoms with Gasteiger partial charge in [0.1, 0.15) is 11.5 Å². The fourth-order valence-corrected chi connectivity index (χ4v) is 3.97. The third-order valence-corrected chi connectivity index (χ3v) is 5.43. The molecule has 1 atom stereocenters. The lowest BCUT2D eigenvalue weighted by Gasteiger charge is -2.25. The molecule has 2 aliphatic rings. The van der Waals surface area contributed by atoms with E-state index in [9.17, 15) is 4.79 Å². The molecule has 2 aliphatic heterocycles. The van der Waals surface area contributed by atoms with Crippen LogP contribution in [0.5, 0.6) is 0 Å². The smallest absolute Gasteiger partial charge is 0.257 e. The molecule has 2 aromatic rings. The average Bonchev–Trinajstić information content (AvgIpc) is 3.37. The molecule has 0 radical (unpaired) electrons. The van der Waals surface area contributed by atoms with Crippen molar-refractivity contribution in [1.29, 1.82) is 0 Å². The van der Waals surface area contributed by atoms with Gasteiger partial charge in [0.15, 0.2) is 0 Å². The Morgan fingerprint density at radius 2 is 2.04 bits per heavy atom. The zero-order chi connectivity index (χ0) is 18.1. The van der Waals surface area contributed by atoms with Crippen LogP contribution in [-0.2, 0) is 4.79 Å². The number of hydrogen-bond donors (Lipinski definition) is 0. The minimum absolute atomic E-state index is 0.0329. The Kier molecular flexibility index (Phi) is 5.02. The summed E-state index contributed by atoms with van der Waals surface area (Å²) < 4.78 is 5.48. The number of nitrogens with zero attached hydrogens (tertiary/aromatic N) is 3. The van der Waals surface area contributed by atoms with E-state index in [2.05, 4.69) is 10.0 Å². The fraction of sp³-hybridized carbons (Fsp3) is 0.368. The van der Waals surface area contributed by atoms with Crippen LogP contribution in [0.25, 0.3) is 0 Å². The summed E-state index contributed by atoms with van der Waals surface area (Å²) in [7, 11) is 0. The number of hydrogen-bond acceptors (Lipinski definition) is 4. The van der Waals surface area contributed by atoms with Crippen molar-refractivity contribution < 1.29 is 9.21 Å². The molecule has 1 aromatic heterocycles. The van der Waals surface area contributed by atoms with E-state index < -0.39 is 0 Å². The van der Waals surface area contributed by atoms with Gasteiger partial charge >= 0.3 is 0 Å². The normalized spacial score (nSPS) is 20.6. The van der Waals surface area contributed by atoms with Crippen LogP contribution in [0, 0.1) is 0 Å². The standard InChI is InChI=1S/C19H19Cl2N3O2/c20-13-5-6-15(21)14(10-13)17-11-16(18-4-3-9-26-18)22-24(17)19(25)12-23-7-1-2-8-23/h3-6,9-10,17H,1-2,7-8,11-12H2/t17-/m1/s1. The van der Waals surface area contributed by atoms with Gasteiger partial charge in [-0.2, -0.15) is 5.10 Å². The number of carbonyl (C=O) groups excluding carboxylic acids is 1. The van der Waals surface area contributed by atoms with Gasteiger partial charge in [-0.1, -0.05) is 23.2 Å². The van der Waals surface area contributed by atoms with E-state index >= 15 is 0 Å². The van der Waals surface area contributed by atoms with Gasteiger partial charge in [0.25, 0.3) is 5.91 Å². The van der Waals surface area contributed by atoms with Crippen LogP contribution >= 0.6 is 23.2 Å². The molecule has 3 heterocycles. The number of furan rings is 1. The Bertz CT molecular complexity index is 829. The second kappa shape index (κ2) is 7.43. The van der Waals surface area contributed by atoms with Crippen molar-refractivity contribution in [1.82, 2.24) is 9.91 Å². The molecule has 26 heavy (non-hydrogen) atoms. The van der Waals surface area contributed by atoms with Crippen molar-refractivity contribution >= 4 is 34.8 Å². The predicted molar refractivity (Wildman–Crippen MR) is 102 cm³/mol. The van der Waals surface area contributed by atoms with Gasteiger partial charge in [0.05, 0.1) is 18.8 Å². The highest BCUT2D eigenvalue weighted by Gasteiger charge is 2.36. The monoisotopic (exact) mass is 391 g/mol. The number of rotatable bonds is 4. The van der Waals surface area contributed by atoms with Crippen LogP contribution in [0.2, 0.25) is 10.0 Å². The van der Waals surface area contributed by atoms with Crippen LogP contribution in [0.3, 0.4) is 0 Å². The zero-order valence-corrected chi connectivity index (χ0v) is 15.7. The van der Waals surface area contributed by atoms with Gasteiger partial charge in [-0.3, -0.25) is 9.69 Å². The molecule has 1 saturated heterocycles. The molecular weight excluding hydrogens is 373 g/mol. The molecule has 0 N–H and O–H groups in total. The van der Waals surface area contributed by atoms with Crippen molar-refractivity contribution in [2.45, 2.75) is 25.3 Å². The molecule has 1 fully saturated rings. The largest absolute Gasteiger partial charge is 0.463 e. The molecule has 7 heteroatoms. The van der Waals surface area contributed by atoms with Crippen molar-refractivity contribution in [2.75, 3.05) is 19.6 Å². The maximum atomic E-state index is 13.0. The van der Waals surface area contributed by atoms with Crippen LogP contribution in [0.15, 0.2) is 46.1 Å². The van der Waals surface area contributed by atoms with Crippen molar-refractivity contribution in [2.24, 2.45) is 5.10 Å². The van der Waals surface area contributed by atoms with Gasteiger partial charge in [0, 0.05) is 16.5 Å². The second-order valence-corrected chi connectivity index (χ2v) is 7.47. The van der Waals surface area contributed by atoms with E-state index in [1.807, 2.05) is 18.2 Å². The summed E-state index contributed by atoms with van der Waals surface area (Å²) in [5, 5.41) is 7.29. The molecule has 0 unspecified atom stereocenters. The molecule has 4 rings (SSSR count). The third kappa shape index (κ3) is 3.52. The van der Waals surface area contributed by atoms with Crippen LogP contribution < -0.4 is 0 Å². The molecule has 136 valence electrons. The molecule has 0 saturated carbocycles. The summed E-state index contributed by atoms with van der Waals surface area (Å²) in [6.45, 7) is 2.28. The van der Waals surface area contributed by atoms with Crippen LogP contribution in [0.4, 0.5) is 0 Å². The Morgan fingerprint density at radius 3 is 2.77 bits per heavy atom. The van der Waals surface area contributed by atoms with Gasteiger partial charge in [-0.05, 0) is 61.8 Å². The summed E-state index contributed by atoms with van der Waals surface area (Å²) in [5.41, 5.74) is 1.55. The van der Waals surface area contributed by atoms with E-state index in [0.29, 0.717) is 28.8 Å². The first-order valence-corrected chi connectivity index (χ1v) is 9.48. The fourth-order valence-electron chi connectivity index (χ4n) is 3.55. The zero-order valence-electron chi connectivity index (χ0n) is 14.2. The molecule has 0 bridgehead atoms. The number of benzene rings is 1. The lowest BCUT2D eigenvalue weighted by atomic mass is 10.0. The summed E-state index contributed by atoms with van der Waals surface area (Å²) in [6.07, 6.45) is 4.42. The minimum atomic E-state index is -0.281. The second-order valence-electron chi connectivity index (χ2n) is 6.63. The number of halogens is 2. The number of carbonyl (C=O) groups is 1. The first-order valence-electron chi connectivity index (χ1n) is 8.72. The van der Waals surface area contributed by atoms with Gasteiger partial charge in [-0.15, -0.1) is 0 Å². The molecule has 0 spiro atoms. The lowest BCUT2D eigenvalue weighted by molar-refractivity contribution is -0.134. The van der Waals surface area contributed by atoms with E-state index in [1.165, 1.54) is 0 Å². The summed E-state index contributed by atoms with van der Waals surface area (Å²) in [6, 6.07) is 8.69. The minimum Gasteiger partial charge on any atom is -0.463 e. The van der Waals surface area contributed by atoms with Crippen LogP contribution in [0.1, 0.15) is 36.6 Å². The molecular formula is C19H19Cl2N3O2.